The number of nitrogens with one attached hydrogen (secondary N) is 1. The summed E-state index contributed by atoms with van der Waals surface area (Å²) < 4.78 is 38.7. The molecule has 2 aromatic rings. The predicted octanol–water partition coefficient (Wildman–Crippen LogP) is 4.59. The third kappa shape index (κ3) is 5.43. The fourth-order valence-electron chi connectivity index (χ4n) is 2.60. The summed E-state index contributed by atoms with van der Waals surface area (Å²) in [6, 6.07) is 5.34. The highest BCUT2D eigenvalue weighted by molar-refractivity contribution is 7.15. The summed E-state index contributed by atoms with van der Waals surface area (Å²) in [6.45, 7) is 1.97. The Morgan fingerprint density at radius 3 is 2.70 bits per heavy atom. The van der Waals surface area contributed by atoms with Gasteiger partial charge in [-0.05, 0) is 24.5 Å². The molecule has 9 heteroatoms. The first kappa shape index (κ1) is 21.7. The lowest BCUT2D eigenvalue weighted by Crippen LogP contribution is -2.26. The Hall–Kier alpha value is -1.64. The molecule has 1 amide bonds. The van der Waals surface area contributed by atoms with E-state index < -0.39 is 11.7 Å². The maximum Gasteiger partial charge on any atom is 0.416 e. The number of rotatable bonds is 6. The van der Waals surface area contributed by atoms with Crippen LogP contribution < -0.4 is 11.1 Å². The molecule has 0 radical (unpaired) electrons. The van der Waals surface area contributed by atoms with Gasteiger partial charge in [0.15, 0.2) is 5.13 Å². The molecule has 0 spiro atoms. The van der Waals surface area contributed by atoms with Crippen LogP contribution in [0.5, 0.6) is 0 Å². The van der Waals surface area contributed by atoms with Gasteiger partial charge in [-0.1, -0.05) is 25.1 Å². The molecule has 3 N–H and O–H groups in total. The van der Waals surface area contributed by atoms with Crippen LogP contribution in [0.1, 0.15) is 47.4 Å². The number of thiazole rings is 1. The van der Waals surface area contributed by atoms with E-state index in [0.717, 1.165) is 29.5 Å². The van der Waals surface area contributed by atoms with Crippen LogP contribution in [-0.2, 0) is 17.4 Å². The minimum absolute atomic E-state index is 0. The van der Waals surface area contributed by atoms with Crippen molar-refractivity contribution in [2.75, 3.05) is 11.9 Å². The molecule has 3 rings (SSSR count). The quantitative estimate of drug-likeness (QED) is 0.719. The van der Waals surface area contributed by atoms with Crippen molar-refractivity contribution >= 4 is 34.8 Å². The van der Waals surface area contributed by atoms with Crippen LogP contribution >= 0.6 is 23.7 Å². The minimum Gasteiger partial charge on any atom is -0.330 e. The molecular formula is C18H21ClF3N3OS. The van der Waals surface area contributed by atoms with E-state index in [9.17, 15) is 18.0 Å². The van der Waals surface area contributed by atoms with E-state index in [1.807, 2.05) is 0 Å². The Morgan fingerprint density at radius 1 is 1.41 bits per heavy atom. The van der Waals surface area contributed by atoms with E-state index >= 15 is 0 Å². The molecule has 1 atom stereocenters. The van der Waals surface area contributed by atoms with Gasteiger partial charge in [0, 0.05) is 29.7 Å². The molecule has 1 saturated carbocycles. The molecule has 1 heterocycles. The third-order valence-electron chi connectivity index (χ3n) is 4.34. The summed E-state index contributed by atoms with van der Waals surface area (Å²) in [7, 11) is 0. The molecule has 0 saturated heterocycles. The van der Waals surface area contributed by atoms with Crippen LogP contribution in [0.25, 0.3) is 0 Å². The van der Waals surface area contributed by atoms with Gasteiger partial charge in [-0.15, -0.1) is 23.7 Å². The monoisotopic (exact) mass is 419 g/mol. The number of halogens is 4. The number of hydrogen-bond donors (Lipinski definition) is 2. The Bertz CT molecular complexity index is 805. The summed E-state index contributed by atoms with van der Waals surface area (Å²) >= 11 is 1.33. The minimum atomic E-state index is -4.36. The number of nitrogens with zero attached hydrogens (tertiary/aromatic N) is 1. The largest absolute Gasteiger partial charge is 0.416 e. The van der Waals surface area contributed by atoms with Gasteiger partial charge in [-0.25, -0.2) is 4.98 Å². The lowest BCUT2D eigenvalue weighted by atomic mass is 10.1. The van der Waals surface area contributed by atoms with Crippen LogP contribution in [0, 0.1) is 5.92 Å². The molecule has 0 bridgehead atoms. The van der Waals surface area contributed by atoms with Gasteiger partial charge >= 0.3 is 6.18 Å². The SMILES string of the molecule is CC(CN)C(=O)Nc1nc(C2CC2)c(Cc2cccc(C(F)(F)F)c2)s1.Cl. The zero-order valence-corrected chi connectivity index (χ0v) is 16.3. The van der Waals surface area contributed by atoms with Crippen LogP contribution in [-0.4, -0.2) is 17.4 Å². The first-order valence-electron chi connectivity index (χ1n) is 8.44. The average Bonchev–Trinajstić information content (AvgIpc) is 3.36. The van der Waals surface area contributed by atoms with Crippen molar-refractivity contribution in [2.24, 2.45) is 11.7 Å². The van der Waals surface area contributed by atoms with Crippen molar-refractivity contribution in [1.29, 1.82) is 0 Å². The van der Waals surface area contributed by atoms with Gasteiger partial charge in [0.2, 0.25) is 5.91 Å². The molecule has 4 nitrogen and oxygen atoms in total. The third-order valence-corrected chi connectivity index (χ3v) is 5.33. The van der Waals surface area contributed by atoms with Crippen molar-refractivity contribution < 1.29 is 18.0 Å². The Kier molecular flexibility index (Phi) is 6.88. The van der Waals surface area contributed by atoms with E-state index in [1.54, 1.807) is 13.0 Å². The zero-order chi connectivity index (χ0) is 18.9. The number of carbonyl (C=O) groups is 1. The van der Waals surface area contributed by atoms with E-state index in [1.165, 1.54) is 23.5 Å². The normalized spacial score (nSPS) is 15.1. The molecule has 1 aromatic heterocycles. The number of alkyl halides is 3. The Balaban J connectivity index is 0.00000261. The molecule has 148 valence electrons. The summed E-state index contributed by atoms with van der Waals surface area (Å²) in [5.41, 5.74) is 6.32. The number of nitrogens with two attached hydrogens (primary N) is 1. The van der Waals surface area contributed by atoms with E-state index in [2.05, 4.69) is 10.3 Å². The van der Waals surface area contributed by atoms with E-state index in [4.69, 9.17) is 5.73 Å². The van der Waals surface area contributed by atoms with Gasteiger partial charge in [-0.2, -0.15) is 13.2 Å². The molecule has 1 fully saturated rings. The second kappa shape index (κ2) is 8.58. The van der Waals surface area contributed by atoms with Crippen molar-refractivity contribution in [3.63, 3.8) is 0 Å². The van der Waals surface area contributed by atoms with Crippen molar-refractivity contribution in [3.05, 3.63) is 46.0 Å². The maximum atomic E-state index is 12.9. The molecule has 1 aliphatic carbocycles. The lowest BCUT2D eigenvalue weighted by Gasteiger charge is -2.08. The lowest BCUT2D eigenvalue weighted by molar-refractivity contribution is -0.137. The number of benzene rings is 1. The van der Waals surface area contributed by atoms with Crippen molar-refractivity contribution in [2.45, 2.75) is 38.3 Å². The Morgan fingerprint density at radius 2 is 2.11 bits per heavy atom. The summed E-state index contributed by atoms with van der Waals surface area (Å²) in [5, 5.41) is 3.25. The highest BCUT2D eigenvalue weighted by atomic mass is 35.5. The Labute approximate surface area is 165 Å². The summed E-state index contributed by atoms with van der Waals surface area (Å²) in [6.07, 6.45) is -1.95. The highest BCUT2D eigenvalue weighted by Gasteiger charge is 2.32. The molecule has 1 unspecified atom stereocenters. The van der Waals surface area contributed by atoms with Gasteiger partial charge in [0.25, 0.3) is 0 Å². The van der Waals surface area contributed by atoms with E-state index in [0.29, 0.717) is 23.0 Å². The summed E-state index contributed by atoms with van der Waals surface area (Å²) in [5.74, 6) is -0.186. The number of carbonyl (C=O) groups excluding carboxylic acids is 1. The fourth-order valence-corrected chi connectivity index (χ4v) is 3.68. The summed E-state index contributed by atoms with van der Waals surface area (Å²) in [4.78, 5) is 17.4. The topological polar surface area (TPSA) is 68.0 Å². The van der Waals surface area contributed by atoms with Gasteiger partial charge < -0.3 is 11.1 Å². The second-order valence-corrected chi connectivity index (χ2v) is 7.69. The predicted molar refractivity (Wildman–Crippen MR) is 102 cm³/mol. The highest BCUT2D eigenvalue weighted by Crippen LogP contribution is 2.44. The average molecular weight is 420 g/mol. The molecule has 1 aromatic carbocycles. The fraction of sp³-hybridized carbons (Fsp3) is 0.444. The van der Waals surface area contributed by atoms with Gasteiger partial charge in [-0.3, -0.25) is 4.79 Å². The number of amides is 1. The standard InChI is InChI=1S/C18H20F3N3OS.ClH/c1-10(9-22)16(25)24-17-23-15(12-5-6-12)14(26-17)8-11-3-2-4-13(7-11)18(19,20)21;/h2-4,7,10,12H,5-6,8-9,22H2,1H3,(H,23,24,25);1H. The van der Waals surface area contributed by atoms with Crippen LogP contribution in [0.3, 0.4) is 0 Å². The van der Waals surface area contributed by atoms with Gasteiger partial charge in [0.05, 0.1) is 11.3 Å². The molecular weight excluding hydrogens is 399 g/mol. The van der Waals surface area contributed by atoms with Crippen LogP contribution in [0.2, 0.25) is 0 Å². The van der Waals surface area contributed by atoms with Crippen molar-refractivity contribution in [1.82, 2.24) is 4.98 Å². The maximum absolute atomic E-state index is 12.9. The van der Waals surface area contributed by atoms with Crippen LogP contribution in [0.15, 0.2) is 24.3 Å². The molecule has 27 heavy (non-hydrogen) atoms. The number of hydrogen-bond acceptors (Lipinski definition) is 4. The number of anilines is 1. The molecule has 0 aliphatic heterocycles. The second-order valence-electron chi connectivity index (χ2n) is 6.60. The number of aromatic nitrogens is 1. The first-order valence-corrected chi connectivity index (χ1v) is 9.26. The molecule has 1 aliphatic rings. The zero-order valence-electron chi connectivity index (χ0n) is 14.7. The van der Waals surface area contributed by atoms with Gasteiger partial charge in [0.1, 0.15) is 0 Å². The van der Waals surface area contributed by atoms with Crippen LogP contribution in [0.4, 0.5) is 18.3 Å². The van der Waals surface area contributed by atoms with E-state index in [-0.39, 0.29) is 30.8 Å². The van der Waals surface area contributed by atoms with Crippen molar-refractivity contribution in [3.8, 4) is 0 Å². The first-order chi connectivity index (χ1) is 12.3. The smallest absolute Gasteiger partial charge is 0.330 e.